The standard InChI is InChI=1S/C14H10ClN5S/c1-21-14-10(7-16)13(17)20-12(18-14)6-11(19-20)8-2-4-9(15)5-3-8/h2-6H,17H2,1H3. The molecule has 2 aromatic heterocycles. The van der Waals surface area contributed by atoms with Crippen LogP contribution in [0.1, 0.15) is 5.56 Å². The fraction of sp³-hybridized carbons (Fsp3) is 0.0714. The summed E-state index contributed by atoms with van der Waals surface area (Å²) in [6.45, 7) is 0. The number of hydrogen-bond donors (Lipinski definition) is 1. The van der Waals surface area contributed by atoms with E-state index in [9.17, 15) is 5.26 Å². The van der Waals surface area contributed by atoms with Crippen LogP contribution in [-0.4, -0.2) is 20.9 Å². The first kappa shape index (κ1) is 13.7. The van der Waals surface area contributed by atoms with E-state index in [1.54, 1.807) is 12.1 Å². The number of nitrogens with two attached hydrogens (primary N) is 1. The van der Waals surface area contributed by atoms with E-state index in [2.05, 4.69) is 16.2 Å². The Morgan fingerprint density at radius 2 is 2.05 bits per heavy atom. The van der Waals surface area contributed by atoms with Gasteiger partial charge in [-0.25, -0.2) is 4.98 Å². The molecule has 1 aromatic carbocycles. The molecule has 0 saturated heterocycles. The summed E-state index contributed by atoms with van der Waals surface area (Å²) >= 11 is 7.27. The molecule has 0 bridgehead atoms. The van der Waals surface area contributed by atoms with Gasteiger partial charge in [0, 0.05) is 16.7 Å². The maximum atomic E-state index is 9.21. The van der Waals surface area contributed by atoms with Crippen LogP contribution in [0, 0.1) is 11.3 Å². The largest absolute Gasteiger partial charge is 0.382 e. The molecule has 104 valence electrons. The molecule has 2 N–H and O–H groups in total. The van der Waals surface area contributed by atoms with E-state index in [4.69, 9.17) is 17.3 Å². The Labute approximate surface area is 130 Å². The molecule has 0 amide bonds. The number of nitrogen functional groups attached to an aromatic ring is 1. The molecule has 7 heteroatoms. The summed E-state index contributed by atoms with van der Waals surface area (Å²) in [4.78, 5) is 4.42. The van der Waals surface area contributed by atoms with Crippen molar-refractivity contribution in [1.82, 2.24) is 14.6 Å². The third-order valence-corrected chi connectivity index (χ3v) is 3.98. The van der Waals surface area contributed by atoms with Crippen LogP contribution < -0.4 is 5.73 Å². The number of anilines is 1. The second kappa shape index (κ2) is 5.28. The lowest BCUT2D eigenvalue weighted by molar-refractivity contribution is 0.924. The van der Waals surface area contributed by atoms with Crippen molar-refractivity contribution in [3.05, 3.63) is 40.9 Å². The van der Waals surface area contributed by atoms with Gasteiger partial charge in [-0.15, -0.1) is 11.8 Å². The Kier molecular flexibility index (Phi) is 3.45. The smallest absolute Gasteiger partial charge is 0.159 e. The molecule has 0 fully saturated rings. The van der Waals surface area contributed by atoms with Crippen molar-refractivity contribution < 1.29 is 0 Å². The van der Waals surface area contributed by atoms with Gasteiger partial charge in [0.15, 0.2) is 5.65 Å². The topological polar surface area (TPSA) is 80.0 Å². The number of fused-ring (bicyclic) bond motifs is 1. The Bertz CT molecular complexity index is 864. The first-order chi connectivity index (χ1) is 10.1. The molecule has 3 aromatic rings. The summed E-state index contributed by atoms with van der Waals surface area (Å²) in [6.07, 6.45) is 1.86. The highest BCUT2D eigenvalue weighted by Crippen LogP contribution is 2.27. The number of hydrogen-bond acceptors (Lipinski definition) is 5. The Hall–Kier alpha value is -2.23. The van der Waals surface area contributed by atoms with E-state index in [1.807, 2.05) is 24.5 Å². The van der Waals surface area contributed by atoms with Gasteiger partial charge in [0.05, 0.1) is 5.69 Å². The average molecular weight is 316 g/mol. The lowest BCUT2D eigenvalue weighted by atomic mass is 10.2. The van der Waals surface area contributed by atoms with Crippen LogP contribution in [0.15, 0.2) is 35.4 Å². The molecule has 3 rings (SSSR count). The number of rotatable bonds is 2. The van der Waals surface area contributed by atoms with E-state index >= 15 is 0 Å². The molecule has 2 heterocycles. The van der Waals surface area contributed by atoms with Gasteiger partial charge in [-0.1, -0.05) is 23.7 Å². The van der Waals surface area contributed by atoms with Crippen LogP contribution in [-0.2, 0) is 0 Å². The SMILES string of the molecule is CSc1nc2cc(-c3ccc(Cl)cc3)nn2c(N)c1C#N. The lowest BCUT2D eigenvalue weighted by Gasteiger charge is -2.04. The van der Waals surface area contributed by atoms with Crippen LogP contribution in [0.4, 0.5) is 5.82 Å². The predicted octanol–water partition coefficient (Wildman–Crippen LogP) is 3.23. The molecule has 0 spiro atoms. The van der Waals surface area contributed by atoms with Gasteiger partial charge in [0.25, 0.3) is 0 Å². The van der Waals surface area contributed by atoms with E-state index in [0.717, 1.165) is 11.3 Å². The zero-order chi connectivity index (χ0) is 15.0. The number of nitriles is 1. The second-order valence-electron chi connectivity index (χ2n) is 4.30. The maximum Gasteiger partial charge on any atom is 0.159 e. The molecule has 0 aliphatic rings. The number of thioether (sulfide) groups is 1. The lowest BCUT2D eigenvalue weighted by Crippen LogP contribution is -2.05. The highest BCUT2D eigenvalue weighted by atomic mass is 35.5. The normalized spacial score (nSPS) is 10.7. The Morgan fingerprint density at radius 3 is 2.67 bits per heavy atom. The van der Waals surface area contributed by atoms with Crippen LogP contribution in [0.5, 0.6) is 0 Å². The van der Waals surface area contributed by atoms with Gasteiger partial charge in [0.2, 0.25) is 0 Å². The average Bonchev–Trinajstić information content (AvgIpc) is 2.92. The fourth-order valence-electron chi connectivity index (χ4n) is 2.02. The van der Waals surface area contributed by atoms with E-state index < -0.39 is 0 Å². The highest BCUT2D eigenvalue weighted by Gasteiger charge is 2.15. The van der Waals surface area contributed by atoms with Gasteiger partial charge in [-0.2, -0.15) is 14.9 Å². The van der Waals surface area contributed by atoms with Crippen LogP contribution in [0.2, 0.25) is 5.02 Å². The molecular formula is C14H10ClN5S. The van der Waals surface area contributed by atoms with E-state index in [0.29, 0.717) is 27.1 Å². The van der Waals surface area contributed by atoms with Gasteiger partial charge >= 0.3 is 0 Å². The quantitative estimate of drug-likeness (QED) is 0.580. The van der Waals surface area contributed by atoms with Crippen molar-refractivity contribution in [2.45, 2.75) is 5.03 Å². The number of nitrogens with zero attached hydrogens (tertiary/aromatic N) is 4. The number of halogens is 1. The summed E-state index contributed by atoms with van der Waals surface area (Å²) in [7, 11) is 0. The zero-order valence-electron chi connectivity index (χ0n) is 11.0. The van der Waals surface area contributed by atoms with Gasteiger partial charge in [-0.05, 0) is 18.4 Å². The monoisotopic (exact) mass is 315 g/mol. The molecule has 0 radical (unpaired) electrons. The van der Waals surface area contributed by atoms with Crippen molar-refractivity contribution >= 4 is 34.8 Å². The van der Waals surface area contributed by atoms with Crippen molar-refractivity contribution in [3.63, 3.8) is 0 Å². The van der Waals surface area contributed by atoms with Gasteiger partial charge < -0.3 is 5.73 Å². The summed E-state index contributed by atoms with van der Waals surface area (Å²) in [5.74, 6) is 0.298. The zero-order valence-corrected chi connectivity index (χ0v) is 12.6. The summed E-state index contributed by atoms with van der Waals surface area (Å²) in [5, 5.41) is 14.9. The molecular weight excluding hydrogens is 306 g/mol. The third kappa shape index (κ3) is 2.31. The minimum Gasteiger partial charge on any atom is -0.382 e. The minimum absolute atomic E-state index is 0.298. The van der Waals surface area contributed by atoms with Crippen molar-refractivity contribution in [3.8, 4) is 17.3 Å². The first-order valence-electron chi connectivity index (χ1n) is 6.03. The second-order valence-corrected chi connectivity index (χ2v) is 5.53. The van der Waals surface area contributed by atoms with E-state index in [-0.39, 0.29) is 0 Å². The Balaban J connectivity index is 2.23. The first-order valence-corrected chi connectivity index (χ1v) is 7.63. The molecule has 0 saturated carbocycles. The van der Waals surface area contributed by atoms with Crippen molar-refractivity contribution in [1.29, 1.82) is 5.26 Å². The van der Waals surface area contributed by atoms with Gasteiger partial charge in [0.1, 0.15) is 22.5 Å². The fourth-order valence-corrected chi connectivity index (χ4v) is 2.68. The molecule has 0 aliphatic carbocycles. The van der Waals surface area contributed by atoms with Crippen LogP contribution >= 0.6 is 23.4 Å². The molecule has 21 heavy (non-hydrogen) atoms. The summed E-state index contributed by atoms with van der Waals surface area (Å²) < 4.78 is 1.49. The van der Waals surface area contributed by atoms with Gasteiger partial charge in [-0.3, -0.25) is 0 Å². The third-order valence-electron chi connectivity index (χ3n) is 3.05. The van der Waals surface area contributed by atoms with Crippen molar-refractivity contribution in [2.75, 3.05) is 12.0 Å². The van der Waals surface area contributed by atoms with E-state index in [1.165, 1.54) is 16.3 Å². The number of benzene rings is 1. The highest BCUT2D eigenvalue weighted by molar-refractivity contribution is 7.98. The van der Waals surface area contributed by atoms with Crippen molar-refractivity contribution in [2.24, 2.45) is 0 Å². The molecule has 0 atom stereocenters. The van der Waals surface area contributed by atoms with Crippen LogP contribution in [0.3, 0.4) is 0 Å². The number of aromatic nitrogens is 3. The minimum atomic E-state index is 0.298. The summed E-state index contributed by atoms with van der Waals surface area (Å²) in [5.41, 5.74) is 8.62. The molecule has 0 unspecified atom stereocenters. The molecule has 5 nitrogen and oxygen atoms in total. The summed E-state index contributed by atoms with van der Waals surface area (Å²) in [6, 6.07) is 11.3. The maximum absolute atomic E-state index is 9.21. The molecule has 0 aliphatic heterocycles. The Morgan fingerprint density at radius 1 is 1.33 bits per heavy atom. The van der Waals surface area contributed by atoms with Crippen LogP contribution in [0.25, 0.3) is 16.9 Å². The predicted molar refractivity (Wildman–Crippen MR) is 84.3 cm³/mol.